The second kappa shape index (κ2) is 7.74. The summed E-state index contributed by atoms with van der Waals surface area (Å²) in [6, 6.07) is 0.294. The molecule has 0 aromatic carbocycles. The molecule has 3 aliphatic rings. The number of aryl methyl sites for hydroxylation is 2. The molecule has 3 fully saturated rings. The summed E-state index contributed by atoms with van der Waals surface area (Å²) < 4.78 is 7.34. The summed E-state index contributed by atoms with van der Waals surface area (Å²) in [5, 5.41) is 3.97. The first-order valence-electron chi connectivity index (χ1n) is 11.8. The van der Waals surface area contributed by atoms with Crippen LogP contribution in [-0.2, 0) is 4.79 Å². The minimum Gasteiger partial charge on any atom is -0.361 e. The molecule has 2 saturated heterocycles. The molecule has 2 aliphatic heterocycles. The third-order valence-electron chi connectivity index (χ3n) is 7.59. The van der Waals surface area contributed by atoms with Gasteiger partial charge in [-0.05, 0) is 59.3 Å². The minimum absolute atomic E-state index is 0.0986. The summed E-state index contributed by atoms with van der Waals surface area (Å²) in [6.07, 6.45) is 8.10. The molecule has 2 aromatic heterocycles. The highest BCUT2D eigenvalue weighted by Gasteiger charge is 2.57. The lowest BCUT2D eigenvalue weighted by Crippen LogP contribution is -2.53. The van der Waals surface area contributed by atoms with Crippen LogP contribution in [0.3, 0.4) is 0 Å². The van der Waals surface area contributed by atoms with E-state index < -0.39 is 5.41 Å². The van der Waals surface area contributed by atoms with Gasteiger partial charge in [0.2, 0.25) is 5.91 Å². The Morgan fingerprint density at radius 2 is 2.09 bits per heavy atom. The minimum atomic E-state index is -0.613. The predicted octanol–water partition coefficient (Wildman–Crippen LogP) is 3.33. The molecule has 0 bridgehead atoms. The van der Waals surface area contributed by atoms with E-state index in [2.05, 4.69) is 34.7 Å². The zero-order valence-electron chi connectivity index (χ0n) is 19.5. The van der Waals surface area contributed by atoms with Crippen molar-refractivity contribution in [3.8, 4) is 0 Å². The van der Waals surface area contributed by atoms with Crippen LogP contribution in [0, 0.1) is 25.2 Å². The van der Waals surface area contributed by atoms with Crippen molar-refractivity contribution in [2.24, 2.45) is 11.3 Å². The van der Waals surface area contributed by atoms with E-state index in [9.17, 15) is 9.59 Å². The second-order valence-electron chi connectivity index (χ2n) is 10.2. The summed E-state index contributed by atoms with van der Waals surface area (Å²) in [5.41, 5.74) is 1.41. The van der Waals surface area contributed by atoms with Gasteiger partial charge in [-0.25, -0.2) is 4.98 Å². The molecule has 1 aliphatic carbocycles. The Morgan fingerprint density at radius 1 is 1.31 bits per heavy atom. The number of carbonyl (C=O) groups is 2. The number of carbonyl (C=O) groups excluding carboxylic acids is 2. The van der Waals surface area contributed by atoms with Gasteiger partial charge in [0, 0.05) is 44.3 Å². The van der Waals surface area contributed by atoms with Gasteiger partial charge >= 0.3 is 0 Å². The number of piperidine rings is 1. The van der Waals surface area contributed by atoms with Crippen molar-refractivity contribution in [3.63, 3.8) is 0 Å². The fourth-order valence-electron chi connectivity index (χ4n) is 5.57. The summed E-state index contributed by atoms with van der Waals surface area (Å²) in [6.45, 7) is 10.4. The average Bonchev–Trinajstić information content (AvgIpc) is 3.15. The van der Waals surface area contributed by atoms with Gasteiger partial charge in [0.15, 0.2) is 0 Å². The highest BCUT2D eigenvalue weighted by molar-refractivity contribution is 5.97. The zero-order chi connectivity index (χ0) is 22.6. The van der Waals surface area contributed by atoms with E-state index in [4.69, 9.17) is 9.51 Å². The fourth-order valence-corrected chi connectivity index (χ4v) is 5.57. The van der Waals surface area contributed by atoms with E-state index in [0.717, 1.165) is 31.6 Å². The quantitative estimate of drug-likeness (QED) is 0.714. The third-order valence-corrected chi connectivity index (χ3v) is 7.59. The van der Waals surface area contributed by atoms with Crippen molar-refractivity contribution < 1.29 is 14.1 Å². The van der Waals surface area contributed by atoms with Crippen LogP contribution in [0.2, 0.25) is 0 Å². The highest BCUT2D eigenvalue weighted by Crippen LogP contribution is 2.50. The van der Waals surface area contributed by atoms with Crippen molar-refractivity contribution in [1.82, 2.24) is 24.5 Å². The van der Waals surface area contributed by atoms with Crippen LogP contribution >= 0.6 is 0 Å². The van der Waals surface area contributed by atoms with Crippen LogP contribution in [0.5, 0.6) is 0 Å². The normalized spacial score (nSPS) is 26.0. The Labute approximate surface area is 188 Å². The molecular formula is C24H33N5O3. The molecule has 2 amide bonds. The first-order chi connectivity index (χ1) is 15.3. The van der Waals surface area contributed by atoms with Gasteiger partial charge in [0.05, 0.1) is 23.1 Å². The molecule has 0 radical (unpaired) electrons. The molecule has 8 heteroatoms. The lowest BCUT2D eigenvalue weighted by atomic mass is 9.70. The molecule has 172 valence electrons. The maximum Gasteiger partial charge on any atom is 0.259 e. The SMILES string of the molecule is Cc1noc(C)c1C(=O)N1C[C@H](c2cn(C(C)C)cn2)[C@]2(CCCN(CC3CC3)C2=O)C1. The lowest BCUT2D eigenvalue weighted by Gasteiger charge is -2.42. The molecular weight excluding hydrogens is 406 g/mol. The van der Waals surface area contributed by atoms with E-state index in [1.165, 1.54) is 12.8 Å². The van der Waals surface area contributed by atoms with Gasteiger partial charge in [-0.15, -0.1) is 0 Å². The predicted molar refractivity (Wildman–Crippen MR) is 118 cm³/mol. The van der Waals surface area contributed by atoms with Crippen molar-refractivity contribution in [3.05, 3.63) is 35.2 Å². The Hall–Kier alpha value is -2.64. The highest BCUT2D eigenvalue weighted by atomic mass is 16.5. The zero-order valence-corrected chi connectivity index (χ0v) is 19.5. The van der Waals surface area contributed by atoms with Crippen molar-refractivity contribution in [1.29, 1.82) is 0 Å². The molecule has 1 spiro atoms. The van der Waals surface area contributed by atoms with Crippen LogP contribution in [0.4, 0.5) is 0 Å². The molecule has 4 heterocycles. The number of amides is 2. The number of imidazole rings is 1. The van der Waals surface area contributed by atoms with Crippen molar-refractivity contribution in [2.75, 3.05) is 26.2 Å². The van der Waals surface area contributed by atoms with Gasteiger partial charge in [0.25, 0.3) is 5.91 Å². The fraction of sp³-hybridized carbons (Fsp3) is 0.667. The smallest absolute Gasteiger partial charge is 0.259 e. The third kappa shape index (κ3) is 3.44. The van der Waals surface area contributed by atoms with E-state index in [-0.39, 0.29) is 17.7 Å². The number of rotatable bonds is 5. The number of hydrogen-bond acceptors (Lipinski definition) is 5. The van der Waals surface area contributed by atoms with Gasteiger partial charge in [0.1, 0.15) is 11.3 Å². The van der Waals surface area contributed by atoms with Gasteiger partial charge in [-0.1, -0.05) is 5.16 Å². The molecule has 1 saturated carbocycles. The maximum atomic E-state index is 13.9. The van der Waals surface area contributed by atoms with Crippen LogP contribution < -0.4 is 0 Å². The average molecular weight is 440 g/mol. The van der Waals surface area contributed by atoms with E-state index in [0.29, 0.717) is 42.1 Å². The van der Waals surface area contributed by atoms with E-state index >= 15 is 0 Å². The molecule has 32 heavy (non-hydrogen) atoms. The van der Waals surface area contributed by atoms with Crippen molar-refractivity contribution >= 4 is 11.8 Å². The summed E-state index contributed by atoms with van der Waals surface area (Å²) in [5.74, 6) is 1.17. The topological polar surface area (TPSA) is 84.5 Å². The first kappa shape index (κ1) is 21.2. The van der Waals surface area contributed by atoms with E-state index in [1.54, 1.807) is 13.8 Å². The number of aromatic nitrogens is 3. The molecule has 2 aromatic rings. The molecule has 0 unspecified atom stereocenters. The number of likely N-dealkylation sites (tertiary alicyclic amines) is 2. The second-order valence-corrected chi connectivity index (χ2v) is 10.2. The summed E-state index contributed by atoms with van der Waals surface area (Å²) >= 11 is 0. The largest absolute Gasteiger partial charge is 0.361 e. The maximum absolute atomic E-state index is 13.9. The van der Waals surface area contributed by atoms with Gasteiger partial charge in [-0.2, -0.15) is 0 Å². The van der Waals surface area contributed by atoms with Crippen LogP contribution in [-0.4, -0.2) is 62.5 Å². The number of hydrogen-bond donors (Lipinski definition) is 0. The standard InChI is InChI=1S/C24H33N5O3/c1-15(2)29-12-20(25-14-29)19-11-28(22(30)21-16(3)26-32-17(21)4)13-24(19)8-5-9-27(23(24)31)10-18-6-7-18/h12,14-15,18-19H,5-11,13H2,1-4H3/t19-,24+/m1/s1. The Balaban J connectivity index is 1.51. The van der Waals surface area contributed by atoms with Crippen LogP contribution in [0.1, 0.15) is 79.0 Å². The molecule has 0 N–H and O–H groups in total. The first-order valence-corrected chi connectivity index (χ1v) is 11.8. The van der Waals surface area contributed by atoms with Crippen molar-refractivity contribution in [2.45, 2.75) is 65.3 Å². The Morgan fingerprint density at radius 3 is 2.72 bits per heavy atom. The van der Waals surface area contributed by atoms with Crippen LogP contribution in [0.25, 0.3) is 0 Å². The summed E-state index contributed by atoms with van der Waals surface area (Å²) in [7, 11) is 0. The van der Waals surface area contributed by atoms with Gasteiger partial charge in [-0.3, -0.25) is 9.59 Å². The molecule has 5 rings (SSSR count). The molecule has 8 nitrogen and oxygen atoms in total. The Kier molecular flexibility index (Phi) is 5.13. The lowest BCUT2D eigenvalue weighted by molar-refractivity contribution is -0.146. The van der Waals surface area contributed by atoms with Gasteiger partial charge < -0.3 is 18.9 Å². The van der Waals surface area contributed by atoms with E-state index in [1.807, 2.05) is 11.2 Å². The number of nitrogens with zero attached hydrogens (tertiary/aromatic N) is 5. The monoisotopic (exact) mass is 439 g/mol. The molecule has 2 atom stereocenters. The Bertz CT molecular complexity index is 1020. The summed E-state index contributed by atoms with van der Waals surface area (Å²) in [4.78, 5) is 36.1. The van der Waals surface area contributed by atoms with Crippen LogP contribution in [0.15, 0.2) is 17.0 Å².